The molecule has 0 saturated heterocycles. The Morgan fingerprint density at radius 1 is 1.21 bits per heavy atom. The molecule has 0 spiro atoms. The van der Waals surface area contributed by atoms with Gasteiger partial charge in [-0.3, -0.25) is 19.5 Å². The molecule has 0 radical (unpaired) electrons. The van der Waals surface area contributed by atoms with Crippen LogP contribution >= 0.6 is 0 Å². The van der Waals surface area contributed by atoms with Gasteiger partial charge in [0.1, 0.15) is 12.6 Å². The van der Waals surface area contributed by atoms with Gasteiger partial charge in [-0.05, 0) is 24.1 Å². The lowest BCUT2D eigenvalue weighted by molar-refractivity contribution is -0.136. The Bertz CT molecular complexity index is 938. The second-order valence-corrected chi connectivity index (χ2v) is 7.59. The average molecular weight is 393 g/mol. The predicted octanol–water partition coefficient (Wildman–Crippen LogP) is 3.44. The number of rotatable bonds is 6. The van der Waals surface area contributed by atoms with Gasteiger partial charge in [0.2, 0.25) is 0 Å². The first-order chi connectivity index (χ1) is 13.8. The van der Waals surface area contributed by atoms with Crippen molar-refractivity contribution in [3.8, 4) is 0 Å². The molecule has 1 N–H and O–H groups in total. The fraction of sp³-hybridized carbons (Fsp3) is 0.348. The highest BCUT2D eigenvalue weighted by Crippen LogP contribution is 2.33. The minimum absolute atomic E-state index is 0.0138. The Hall–Kier alpha value is -3.15. The number of nitrogens with zero attached hydrogens (tertiary/aromatic N) is 3. The number of amides is 1. The number of benzodiazepines with no additional fused rings is 1. The summed E-state index contributed by atoms with van der Waals surface area (Å²) in [5, 5.41) is 9.47. The Morgan fingerprint density at radius 2 is 1.90 bits per heavy atom. The molecular formula is C23H27N3O3. The number of carboxylic acids is 1. The molecule has 152 valence electrons. The first-order valence-corrected chi connectivity index (χ1v) is 9.81. The van der Waals surface area contributed by atoms with Crippen LogP contribution < -0.4 is 9.80 Å². The molecule has 1 aliphatic rings. The van der Waals surface area contributed by atoms with Crippen LogP contribution in [0.15, 0.2) is 53.5 Å². The zero-order valence-corrected chi connectivity index (χ0v) is 17.3. The summed E-state index contributed by atoms with van der Waals surface area (Å²) < 4.78 is 0. The molecule has 2 aromatic rings. The van der Waals surface area contributed by atoms with E-state index in [0.29, 0.717) is 5.69 Å². The normalized spacial score (nSPS) is 17.2. The van der Waals surface area contributed by atoms with E-state index in [1.54, 1.807) is 0 Å². The third-order valence-electron chi connectivity index (χ3n) is 5.35. The highest BCUT2D eigenvalue weighted by atomic mass is 16.4. The second kappa shape index (κ2) is 8.47. The third kappa shape index (κ3) is 4.16. The van der Waals surface area contributed by atoms with Crippen LogP contribution in [0.3, 0.4) is 0 Å². The molecule has 6 nitrogen and oxygen atoms in total. The average Bonchev–Trinajstić information content (AvgIpc) is 2.83. The van der Waals surface area contributed by atoms with Crippen molar-refractivity contribution in [2.45, 2.75) is 26.3 Å². The maximum Gasteiger partial charge on any atom is 0.323 e. The van der Waals surface area contributed by atoms with Gasteiger partial charge < -0.3 is 10.0 Å². The van der Waals surface area contributed by atoms with Crippen LogP contribution in [0.2, 0.25) is 0 Å². The number of aliphatic imine (C=N–C) groups is 1. The summed E-state index contributed by atoms with van der Waals surface area (Å²) in [4.78, 5) is 33.2. The minimum atomic E-state index is -1.05. The van der Waals surface area contributed by atoms with Crippen molar-refractivity contribution >= 4 is 29.0 Å². The van der Waals surface area contributed by atoms with Gasteiger partial charge in [0, 0.05) is 30.9 Å². The SMILES string of the molecule is CCC(C)[C@@H]1N=C(c2ccccc2)c2cc(N(C)C)ccc2N(CC(=O)O)C1=O. The van der Waals surface area contributed by atoms with Gasteiger partial charge in [-0.15, -0.1) is 0 Å². The minimum Gasteiger partial charge on any atom is -0.480 e. The van der Waals surface area contributed by atoms with E-state index in [9.17, 15) is 14.7 Å². The fourth-order valence-corrected chi connectivity index (χ4v) is 3.49. The van der Waals surface area contributed by atoms with Crippen molar-refractivity contribution in [3.63, 3.8) is 0 Å². The number of hydrogen-bond acceptors (Lipinski definition) is 4. The number of benzene rings is 2. The van der Waals surface area contributed by atoms with Gasteiger partial charge in [-0.1, -0.05) is 50.6 Å². The predicted molar refractivity (Wildman–Crippen MR) is 116 cm³/mol. The van der Waals surface area contributed by atoms with E-state index >= 15 is 0 Å². The Balaban J connectivity index is 2.30. The molecule has 0 fully saturated rings. The van der Waals surface area contributed by atoms with Crippen molar-refractivity contribution in [1.82, 2.24) is 0 Å². The van der Waals surface area contributed by atoms with E-state index in [4.69, 9.17) is 4.99 Å². The highest BCUT2D eigenvalue weighted by Gasteiger charge is 2.35. The number of carboxylic acid groups (broad SMARTS) is 1. The molecule has 6 heteroatoms. The first kappa shape index (κ1) is 20.6. The van der Waals surface area contributed by atoms with Crippen LogP contribution in [0.1, 0.15) is 31.4 Å². The lowest BCUT2D eigenvalue weighted by atomic mass is 9.97. The largest absolute Gasteiger partial charge is 0.480 e. The molecule has 29 heavy (non-hydrogen) atoms. The summed E-state index contributed by atoms with van der Waals surface area (Å²) in [7, 11) is 3.89. The summed E-state index contributed by atoms with van der Waals surface area (Å²) in [6.07, 6.45) is 0.766. The van der Waals surface area contributed by atoms with Crippen molar-refractivity contribution in [3.05, 3.63) is 59.7 Å². The van der Waals surface area contributed by atoms with Crippen LogP contribution in [-0.2, 0) is 9.59 Å². The number of hydrogen-bond donors (Lipinski definition) is 1. The van der Waals surface area contributed by atoms with Crippen LogP contribution in [-0.4, -0.2) is 49.4 Å². The standard InChI is InChI=1S/C23H27N3O3/c1-5-15(2)21-23(29)26(14-20(27)28)19-12-11-17(25(3)4)13-18(19)22(24-21)16-9-7-6-8-10-16/h6-13,15,21H,5,14H2,1-4H3,(H,27,28)/t15?,21-/m0/s1. The third-order valence-corrected chi connectivity index (χ3v) is 5.35. The van der Waals surface area contributed by atoms with E-state index < -0.39 is 18.6 Å². The molecule has 1 unspecified atom stereocenters. The summed E-state index contributed by atoms with van der Waals surface area (Å²) in [6.45, 7) is 3.60. The number of aliphatic carboxylic acids is 1. The summed E-state index contributed by atoms with van der Waals surface area (Å²) in [5.41, 5.74) is 3.93. The smallest absolute Gasteiger partial charge is 0.323 e. The lowest BCUT2D eigenvalue weighted by Gasteiger charge is -2.26. The fourth-order valence-electron chi connectivity index (χ4n) is 3.49. The van der Waals surface area contributed by atoms with Crippen molar-refractivity contribution in [2.24, 2.45) is 10.9 Å². The number of carbonyl (C=O) groups excluding carboxylic acids is 1. The summed E-state index contributed by atoms with van der Waals surface area (Å²) in [6, 6.07) is 14.8. The number of carbonyl (C=O) groups is 2. The van der Waals surface area contributed by atoms with E-state index in [2.05, 4.69) is 0 Å². The van der Waals surface area contributed by atoms with Crippen molar-refractivity contribution in [1.29, 1.82) is 0 Å². The Kier molecular flexibility index (Phi) is 6.01. The molecule has 0 bridgehead atoms. The van der Waals surface area contributed by atoms with Crippen LogP contribution in [0, 0.1) is 5.92 Å². The zero-order valence-electron chi connectivity index (χ0n) is 17.3. The highest BCUT2D eigenvalue weighted by molar-refractivity contribution is 6.21. The maximum absolute atomic E-state index is 13.4. The Labute approximate surface area is 171 Å². The van der Waals surface area contributed by atoms with Gasteiger partial charge in [-0.25, -0.2) is 0 Å². The summed E-state index contributed by atoms with van der Waals surface area (Å²) in [5.74, 6) is -1.33. The van der Waals surface area contributed by atoms with Gasteiger partial charge >= 0.3 is 5.97 Å². The van der Waals surface area contributed by atoms with Crippen LogP contribution in [0.25, 0.3) is 0 Å². The molecule has 0 saturated carbocycles. The van der Waals surface area contributed by atoms with Crippen LogP contribution in [0.5, 0.6) is 0 Å². The van der Waals surface area contributed by atoms with Gasteiger partial charge in [0.05, 0.1) is 11.4 Å². The topological polar surface area (TPSA) is 73.2 Å². The Morgan fingerprint density at radius 3 is 2.48 bits per heavy atom. The van der Waals surface area contributed by atoms with Gasteiger partial charge in [0.15, 0.2) is 0 Å². The second-order valence-electron chi connectivity index (χ2n) is 7.59. The first-order valence-electron chi connectivity index (χ1n) is 9.81. The lowest BCUT2D eigenvalue weighted by Crippen LogP contribution is -2.43. The zero-order chi connectivity index (χ0) is 21.1. The molecule has 2 atom stereocenters. The molecule has 1 aliphatic heterocycles. The van der Waals surface area contributed by atoms with Crippen molar-refractivity contribution in [2.75, 3.05) is 30.4 Å². The van der Waals surface area contributed by atoms with E-state index in [1.807, 2.05) is 81.4 Å². The molecule has 0 aliphatic carbocycles. The quantitative estimate of drug-likeness (QED) is 0.816. The van der Waals surface area contributed by atoms with Crippen LogP contribution in [0.4, 0.5) is 11.4 Å². The van der Waals surface area contributed by atoms with Gasteiger partial charge in [0.25, 0.3) is 5.91 Å². The molecule has 3 rings (SSSR count). The monoisotopic (exact) mass is 393 g/mol. The van der Waals surface area contributed by atoms with Gasteiger partial charge in [-0.2, -0.15) is 0 Å². The van der Waals surface area contributed by atoms with E-state index in [-0.39, 0.29) is 11.8 Å². The molecule has 0 aromatic heterocycles. The van der Waals surface area contributed by atoms with E-state index in [0.717, 1.165) is 28.9 Å². The molecule has 1 heterocycles. The summed E-state index contributed by atoms with van der Waals surface area (Å²) >= 11 is 0. The molecule has 2 aromatic carbocycles. The van der Waals surface area contributed by atoms with E-state index in [1.165, 1.54) is 4.90 Å². The van der Waals surface area contributed by atoms with Crippen molar-refractivity contribution < 1.29 is 14.7 Å². The number of anilines is 2. The maximum atomic E-state index is 13.4. The molecule has 1 amide bonds. The number of fused-ring (bicyclic) bond motifs is 1. The molecular weight excluding hydrogens is 366 g/mol.